The van der Waals surface area contributed by atoms with E-state index in [9.17, 15) is 0 Å². The summed E-state index contributed by atoms with van der Waals surface area (Å²) in [7, 11) is 0. The van der Waals surface area contributed by atoms with Gasteiger partial charge in [0.05, 0.1) is 0 Å². The predicted octanol–water partition coefficient (Wildman–Crippen LogP) is 2.87. The van der Waals surface area contributed by atoms with Gasteiger partial charge in [0.2, 0.25) is 0 Å². The molecule has 1 heterocycles. The molecule has 1 atom stereocenters. The summed E-state index contributed by atoms with van der Waals surface area (Å²) in [4.78, 5) is 2.54. The molecular weight excluding hydrogens is 232 g/mol. The zero-order valence-corrected chi connectivity index (χ0v) is 11.0. The summed E-state index contributed by atoms with van der Waals surface area (Å²) in [5, 5.41) is 0.795. The molecule has 2 rings (SSSR count). The van der Waals surface area contributed by atoms with Gasteiger partial charge in [0, 0.05) is 5.02 Å². The van der Waals surface area contributed by atoms with Gasteiger partial charge in [0.25, 0.3) is 0 Å². The van der Waals surface area contributed by atoms with E-state index in [0.29, 0.717) is 5.92 Å². The summed E-state index contributed by atoms with van der Waals surface area (Å²) >= 11 is 5.90. The first-order valence-corrected chi connectivity index (χ1v) is 6.85. The third-order valence-electron chi connectivity index (χ3n) is 3.62. The molecule has 0 aliphatic carbocycles. The normalized spacial score (nSPS) is 18.5. The molecule has 17 heavy (non-hydrogen) atoms. The summed E-state index contributed by atoms with van der Waals surface area (Å²) in [6.45, 7) is 4.41. The molecule has 0 saturated carbocycles. The second-order valence-electron chi connectivity index (χ2n) is 4.82. The zero-order valence-electron chi connectivity index (χ0n) is 10.2. The van der Waals surface area contributed by atoms with Crippen molar-refractivity contribution < 1.29 is 0 Å². The number of nitrogens with two attached hydrogens (primary N) is 1. The van der Waals surface area contributed by atoms with Crippen molar-refractivity contribution in [1.29, 1.82) is 0 Å². The second-order valence-corrected chi connectivity index (χ2v) is 5.26. The average molecular weight is 253 g/mol. The van der Waals surface area contributed by atoms with Crippen LogP contribution in [0.1, 0.15) is 30.7 Å². The Hall–Kier alpha value is -0.570. The van der Waals surface area contributed by atoms with Gasteiger partial charge in [-0.15, -0.1) is 0 Å². The lowest BCUT2D eigenvalue weighted by molar-refractivity contribution is 0.322. The molecule has 1 aromatic carbocycles. The molecular formula is C14H21ClN2. The molecule has 0 radical (unpaired) electrons. The zero-order chi connectivity index (χ0) is 12.1. The Morgan fingerprint density at radius 3 is 2.41 bits per heavy atom. The smallest absolute Gasteiger partial charge is 0.0406 e. The monoisotopic (exact) mass is 252 g/mol. The van der Waals surface area contributed by atoms with Gasteiger partial charge in [0.1, 0.15) is 0 Å². The quantitative estimate of drug-likeness (QED) is 0.873. The summed E-state index contributed by atoms with van der Waals surface area (Å²) in [5.74, 6) is 0.466. The Kier molecular flexibility index (Phi) is 4.84. The highest BCUT2D eigenvalue weighted by Crippen LogP contribution is 2.22. The van der Waals surface area contributed by atoms with Crippen molar-refractivity contribution in [2.24, 2.45) is 5.73 Å². The summed E-state index contributed by atoms with van der Waals surface area (Å²) in [6, 6.07) is 8.11. The number of likely N-dealkylation sites (tertiary alicyclic amines) is 1. The van der Waals surface area contributed by atoms with E-state index in [4.69, 9.17) is 17.3 Å². The lowest BCUT2D eigenvalue weighted by Gasteiger charge is -2.20. The highest BCUT2D eigenvalue weighted by atomic mass is 35.5. The van der Waals surface area contributed by atoms with E-state index in [1.807, 2.05) is 12.1 Å². The Labute approximate surface area is 109 Å². The van der Waals surface area contributed by atoms with Crippen LogP contribution >= 0.6 is 11.6 Å². The van der Waals surface area contributed by atoms with E-state index >= 15 is 0 Å². The van der Waals surface area contributed by atoms with Crippen molar-refractivity contribution in [2.45, 2.75) is 25.2 Å². The Bertz CT molecular complexity index is 331. The maximum Gasteiger partial charge on any atom is 0.0406 e. The highest BCUT2D eigenvalue weighted by Gasteiger charge is 2.15. The second kappa shape index (κ2) is 6.39. The van der Waals surface area contributed by atoms with Gasteiger partial charge in [-0.2, -0.15) is 0 Å². The van der Waals surface area contributed by atoms with Gasteiger partial charge in [-0.1, -0.05) is 23.7 Å². The third kappa shape index (κ3) is 3.70. The van der Waals surface area contributed by atoms with Crippen LogP contribution in [0.15, 0.2) is 24.3 Å². The van der Waals surface area contributed by atoms with Crippen LogP contribution in [0.2, 0.25) is 5.02 Å². The molecule has 0 amide bonds. The minimum Gasteiger partial charge on any atom is -0.330 e. The van der Waals surface area contributed by atoms with Crippen molar-refractivity contribution in [1.82, 2.24) is 4.90 Å². The molecule has 3 heteroatoms. The molecule has 1 unspecified atom stereocenters. The molecule has 1 aromatic rings. The van der Waals surface area contributed by atoms with Crippen LogP contribution in [0, 0.1) is 0 Å². The molecule has 1 aliphatic heterocycles. The average Bonchev–Trinajstić information content (AvgIpc) is 2.85. The highest BCUT2D eigenvalue weighted by molar-refractivity contribution is 6.30. The van der Waals surface area contributed by atoms with Crippen LogP contribution in [-0.2, 0) is 0 Å². The minimum absolute atomic E-state index is 0.466. The van der Waals surface area contributed by atoms with E-state index in [1.165, 1.54) is 38.0 Å². The summed E-state index contributed by atoms with van der Waals surface area (Å²) in [6.07, 6.45) is 3.86. The fraction of sp³-hybridized carbons (Fsp3) is 0.571. The topological polar surface area (TPSA) is 29.3 Å². The maximum absolute atomic E-state index is 5.90. The predicted molar refractivity (Wildman–Crippen MR) is 73.5 cm³/mol. The number of halogens is 1. The van der Waals surface area contributed by atoms with Crippen LogP contribution in [0.4, 0.5) is 0 Å². The Morgan fingerprint density at radius 1 is 1.18 bits per heavy atom. The molecule has 1 aliphatic rings. The van der Waals surface area contributed by atoms with Crippen LogP contribution in [-0.4, -0.2) is 31.1 Å². The van der Waals surface area contributed by atoms with Gasteiger partial charge in [-0.3, -0.25) is 0 Å². The van der Waals surface area contributed by atoms with E-state index in [1.54, 1.807) is 0 Å². The molecule has 2 N–H and O–H groups in total. The molecule has 0 bridgehead atoms. The number of hydrogen-bond donors (Lipinski definition) is 1. The van der Waals surface area contributed by atoms with Crippen molar-refractivity contribution >= 4 is 11.6 Å². The Balaban J connectivity index is 1.89. The van der Waals surface area contributed by atoms with Crippen LogP contribution < -0.4 is 5.73 Å². The van der Waals surface area contributed by atoms with Crippen molar-refractivity contribution in [3.8, 4) is 0 Å². The maximum atomic E-state index is 5.90. The lowest BCUT2D eigenvalue weighted by atomic mass is 9.96. The first kappa shape index (κ1) is 12.9. The molecule has 94 valence electrons. The van der Waals surface area contributed by atoms with E-state index in [2.05, 4.69) is 17.0 Å². The third-order valence-corrected chi connectivity index (χ3v) is 3.87. The largest absolute Gasteiger partial charge is 0.330 e. The fourth-order valence-corrected chi connectivity index (χ4v) is 2.63. The minimum atomic E-state index is 0.466. The fourth-order valence-electron chi connectivity index (χ4n) is 2.50. The lowest BCUT2D eigenvalue weighted by Crippen LogP contribution is -2.24. The number of nitrogens with zero attached hydrogens (tertiary/aromatic N) is 1. The molecule has 1 fully saturated rings. The van der Waals surface area contributed by atoms with Gasteiger partial charge in [-0.25, -0.2) is 0 Å². The van der Waals surface area contributed by atoms with Crippen molar-refractivity contribution in [3.63, 3.8) is 0 Å². The van der Waals surface area contributed by atoms with Crippen LogP contribution in [0.25, 0.3) is 0 Å². The number of rotatable bonds is 5. The first-order chi connectivity index (χ1) is 8.29. The van der Waals surface area contributed by atoms with Crippen molar-refractivity contribution in [3.05, 3.63) is 34.9 Å². The van der Waals surface area contributed by atoms with Gasteiger partial charge >= 0.3 is 0 Å². The SMILES string of the molecule is NCC(CCN1CCCC1)c1ccc(Cl)cc1. The molecule has 0 aromatic heterocycles. The number of benzene rings is 1. The Morgan fingerprint density at radius 2 is 1.82 bits per heavy atom. The van der Waals surface area contributed by atoms with Gasteiger partial charge in [0.15, 0.2) is 0 Å². The number of hydrogen-bond acceptors (Lipinski definition) is 2. The first-order valence-electron chi connectivity index (χ1n) is 6.47. The van der Waals surface area contributed by atoms with Gasteiger partial charge < -0.3 is 10.6 Å². The molecule has 0 spiro atoms. The standard InChI is InChI=1S/C14H21ClN2/c15-14-5-3-12(4-6-14)13(11-16)7-10-17-8-1-2-9-17/h3-6,13H,1-2,7-11,16H2. The van der Waals surface area contributed by atoms with E-state index < -0.39 is 0 Å². The van der Waals surface area contributed by atoms with E-state index in [-0.39, 0.29) is 0 Å². The van der Waals surface area contributed by atoms with Crippen molar-refractivity contribution in [2.75, 3.05) is 26.2 Å². The van der Waals surface area contributed by atoms with Gasteiger partial charge in [-0.05, 0) is 69.1 Å². The molecule has 2 nitrogen and oxygen atoms in total. The summed E-state index contributed by atoms with van der Waals surface area (Å²) in [5.41, 5.74) is 7.19. The summed E-state index contributed by atoms with van der Waals surface area (Å²) < 4.78 is 0. The van der Waals surface area contributed by atoms with E-state index in [0.717, 1.165) is 18.0 Å². The van der Waals surface area contributed by atoms with Crippen LogP contribution in [0.5, 0.6) is 0 Å². The van der Waals surface area contributed by atoms with Crippen LogP contribution in [0.3, 0.4) is 0 Å². The molecule has 1 saturated heterocycles.